The van der Waals surface area contributed by atoms with Crippen LogP contribution in [0.4, 0.5) is 0 Å². The molecule has 6 heteroatoms. The van der Waals surface area contributed by atoms with Gasteiger partial charge in [0.2, 0.25) is 0 Å². The Kier molecular flexibility index (Phi) is 69.0. The van der Waals surface area contributed by atoms with Crippen LogP contribution in [0.2, 0.25) is 0 Å². The monoisotopic (exact) mass is 374 g/mol. The van der Waals surface area contributed by atoms with Gasteiger partial charge in [-0.05, 0) is 17.0 Å². The summed E-state index contributed by atoms with van der Waals surface area (Å²) in [6.45, 7) is 32.1. The maximum absolute atomic E-state index is 7.50. The third-order valence-electron chi connectivity index (χ3n) is 1.79. The van der Waals surface area contributed by atoms with Gasteiger partial charge in [-0.2, -0.15) is 0 Å². The van der Waals surface area contributed by atoms with Crippen LogP contribution in [0.25, 0.3) is 0 Å². The summed E-state index contributed by atoms with van der Waals surface area (Å²) in [5.74, 6) is 0. The van der Waals surface area contributed by atoms with Crippen LogP contribution in [-0.2, 0) is 38.7 Å². The predicted molar refractivity (Wildman–Crippen MR) is 75.1 cm³/mol. The molecule has 0 saturated heterocycles. The average Bonchev–Trinajstić information content (AvgIpc) is 2.37. The Morgan fingerprint density at radius 2 is 0.632 bits per heavy atom. The first kappa shape index (κ1) is 36.3. The molecule has 8 radical (unpaired) electrons. The van der Waals surface area contributed by atoms with Crippen LogP contribution >= 0.6 is 7.92 Å². The first-order chi connectivity index (χ1) is 8.46. The molecule has 0 atom stereocenters. The van der Waals surface area contributed by atoms with E-state index < -0.39 is 0 Å². The van der Waals surface area contributed by atoms with Gasteiger partial charge in [0.15, 0.2) is 0 Å². The summed E-state index contributed by atoms with van der Waals surface area (Å²) in [6.07, 6.45) is 0. The van der Waals surface area contributed by atoms with E-state index in [1.54, 1.807) is 0 Å². The quantitative estimate of drug-likeness (QED) is 0.561. The topological polar surface area (TPSA) is 68.3 Å². The summed E-state index contributed by atoms with van der Waals surface area (Å²) in [5, 5.41) is 0. The van der Waals surface area contributed by atoms with Crippen LogP contribution in [0, 0.1) is 0 Å². The fourth-order valence-corrected chi connectivity index (χ4v) is 5.37. The zero-order valence-corrected chi connectivity index (χ0v) is 14.8. The number of carbonyl (C=O) groups excluding carboxylic acids is 4. The van der Waals surface area contributed by atoms with Gasteiger partial charge in [0, 0.05) is 19.5 Å². The van der Waals surface area contributed by atoms with E-state index in [9.17, 15) is 0 Å². The van der Waals surface area contributed by atoms with Crippen LogP contribution in [0.5, 0.6) is 0 Å². The molecule has 0 N–H and O–H groups in total. The second kappa shape index (κ2) is 36.1. The number of rotatable bonds is 3. The van der Waals surface area contributed by atoms with Crippen molar-refractivity contribution in [3.05, 3.63) is 0 Å². The third kappa shape index (κ3) is 31.9. The molecule has 0 aliphatic carbocycles. The standard InChI is InChI=1S/C9H21P.4CO.Ru/c1-7(2)10(8(3)4)9(5)6;4*1-2;/h7-9H,1-6H3;;;;;. The minimum absolute atomic E-state index is 0. The molecule has 0 amide bonds. The van der Waals surface area contributed by atoms with E-state index in [1.165, 1.54) is 0 Å². The van der Waals surface area contributed by atoms with Gasteiger partial charge in [0.25, 0.3) is 27.2 Å². The summed E-state index contributed by atoms with van der Waals surface area (Å²) >= 11 is 0. The molecule has 0 bridgehead atoms. The molecule has 0 fully saturated rings. The molecule has 0 aliphatic heterocycles. The minimum Gasteiger partial charge on any atom is -0.281 e. The molecule has 0 aromatic rings. The van der Waals surface area contributed by atoms with Crippen molar-refractivity contribution in [3.8, 4) is 0 Å². The van der Waals surface area contributed by atoms with Crippen LogP contribution in [0.1, 0.15) is 41.5 Å². The van der Waals surface area contributed by atoms with Crippen molar-refractivity contribution >= 4 is 35.1 Å². The Balaban J connectivity index is -0.0000000401. The van der Waals surface area contributed by atoms with Gasteiger partial charge in [-0.1, -0.05) is 49.5 Å². The van der Waals surface area contributed by atoms with Gasteiger partial charge < -0.3 is 0 Å². The summed E-state index contributed by atoms with van der Waals surface area (Å²) in [5.41, 5.74) is 2.69. The van der Waals surface area contributed by atoms with Crippen molar-refractivity contribution in [2.75, 3.05) is 0 Å². The Morgan fingerprint density at radius 3 is 0.632 bits per heavy atom. The second-order valence-corrected chi connectivity index (χ2v) is 7.72. The molecule has 19 heavy (non-hydrogen) atoms. The molecule has 0 aliphatic rings. The van der Waals surface area contributed by atoms with Crippen molar-refractivity contribution < 1.29 is 38.7 Å². The summed E-state index contributed by atoms with van der Waals surface area (Å²) in [4.78, 5) is 30.0. The third-order valence-corrected chi connectivity index (χ3v) is 5.37. The first-order valence-electron chi connectivity index (χ1n) is 5.06. The molecule has 4 nitrogen and oxygen atoms in total. The van der Waals surface area contributed by atoms with Crippen molar-refractivity contribution in [1.29, 1.82) is 0 Å². The predicted octanol–water partition coefficient (Wildman–Crippen LogP) is 2.10. The van der Waals surface area contributed by atoms with E-state index in [4.69, 9.17) is 19.2 Å². The average molecular weight is 373 g/mol. The maximum Gasteiger partial charge on any atom is 0.281 e. The molecule has 0 spiro atoms. The molecule has 0 saturated carbocycles. The Hall–Kier alpha value is -0.267. The molecule has 0 rings (SSSR count). The molecular formula is C13H21O4PRu. The Morgan fingerprint density at radius 1 is 0.526 bits per heavy atom. The van der Waals surface area contributed by atoms with E-state index in [2.05, 4.69) is 68.7 Å². The van der Waals surface area contributed by atoms with Gasteiger partial charge in [-0.25, -0.2) is 0 Å². The SMILES string of the molecule is CC(C)P(C(C)C)C(C)C.[C]=O.[C]=O.[C]=O.[C]=O.[Ru]. The van der Waals surface area contributed by atoms with E-state index in [0.29, 0.717) is 0 Å². The Labute approximate surface area is 132 Å². The largest absolute Gasteiger partial charge is 0.281 e. The maximum atomic E-state index is 7.50. The van der Waals surface area contributed by atoms with Crippen LogP contribution in [0.15, 0.2) is 0 Å². The van der Waals surface area contributed by atoms with E-state index in [1.807, 2.05) is 0 Å². The van der Waals surface area contributed by atoms with Crippen LogP contribution < -0.4 is 0 Å². The summed E-state index contributed by atoms with van der Waals surface area (Å²) in [7, 11) is 0.262. The molecule has 0 aromatic carbocycles. The normalized spacial score (nSPS) is 7.47. The summed E-state index contributed by atoms with van der Waals surface area (Å²) < 4.78 is 0. The summed E-state index contributed by atoms with van der Waals surface area (Å²) in [6, 6.07) is 0. The van der Waals surface area contributed by atoms with Crippen molar-refractivity contribution in [3.63, 3.8) is 0 Å². The van der Waals surface area contributed by atoms with Crippen molar-refractivity contribution in [2.45, 2.75) is 58.5 Å². The number of hydrogen-bond acceptors (Lipinski definition) is 4. The molecule has 0 aromatic heterocycles. The van der Waals surface area contributed by atoms with Gasteiger partial charge >= 0.3 is 0 Å². The molecular weight excluding hydrogens is 352 g/mol. The van der Waals surface area contributed by atoms with Gasteiger partial charge in [0.1, 0.15) is 0 Å². The zero-order chi connectivity index (χ0) is 16.3. The van der Waals surface area contributed by atoms with E-state index in [0.717, 1.165) is 17.0 Å². The van der Waals surface area contributed by atoms with Crippen molar-refractivity contribution in [2.24, 2.45) is 0 Å². The van der Waals surface area contributed by atoms with E-state index in [-0.39, 0.29) is 27.4 Å². The van der Waals surface area contributed by atoms with Gasteiger partial charge in [0.05, 0.1) is 0 Å². The number of hydrogen-bond donors (Lipinski definition) is 0. The van der Waals surface area contributed by atoms with Crippen molar-refractivity contribution in [1.82, 2.24) is 0 Å². The second-order valence-electron chi connectivity index (χ2n) is 3.73. The van der Waals surface area contributed by atoms with Gasteiger partial charge in [-0.3, -0.25) is 19.2 Å². The van der Waals surface area contributed by atoms with Gasteiger partial charge in [-0.15, -0.1) is 0 Å². The molecule has 110 valence electrons. The first-order valence-corrected chi connectivity index (χ1v) is 6.60. The Bertz CT molecular complexity index is 120. The van der Waals surface area contributed by atoms with Crippen LogP contribution in [-0.4, -0.2) is 44.1 Å². The fraction of sp³-hybridized carbons (Fsp3) is 0.692. The fourth-order valence-electron chi connectivity index (χ4n) is 1.79. The van der Waals surface area contributed by atoms with E-state index >= 15 is 0 Å². The van der Waals surface area contributed by atoms with Crippen LogP contribution in [0.3, 0.4) is 0 Å². The molecule has 0 unspecified atom stereocenters. The minimum atomic E-state index is 0. The smallest absolute Gasteiger partial charge is 0.281 e. The molecule has 0 heterocycles. The zero-order valence-electron chi connectivity index (χ0n) is 12.2.